The molecule has 1 amide bonds. The fraction of sp³-hybridized carbons (Fsp3) is 0.312. The molecule has 1 aromatic carbocycles. The first-order valence-corrected chi connectivity index (χ1v) is 10.2. The number of fused-ring (bicyclic) bond motifs is 1. The Morgan fingerprint density at radius 1 is 1.39 bits per heavy atom. The van der Waals surface area contributed by atoms with Crippen LogP contribution in [-0.4, -0.2) is 21.8 Å². The SMILES string of the molecule is CCN(C(C)=O)c1nc(CSC2=Nc3ccccc3CS2)cs1. The highest BCUT2D eigenvalue weighted by Gasteiger charge is 2.15. The maximum atomic E-state index is 11.6. The number of aromatic nitrogens is 1. The van der Waals surface area contributed by atoms with Crippen LogP contribution in [0, 0.1) is 0 Å². The van der Waals surface area contributed by atoms with Crippen LogP contribution in [0.2, 0.25) is 0 Å². The highest BCUT2D eigenvalue weighted by molar-refractivity contribution is 8.38. The second-order valence-electron chi connectivity index (χ2n) is 4.97. The molecular formula is C16H17N3OS3. The third-order valence-corrected chi connectivity index (χ3v) is 6.56. The van der Waals surface area contributed by atoms with Gasteiger partial charge >= 0.3 is 0 Å². The number of hydrogen-bond donors (Lipinski definition) is 0. The molecule has 1 aliphatic heterocycles. The Bertz CT molecular complexity index is 742. The van der Waals surface area contributed by atoms with Gasteiger partial charge in [-0.1, -0.05) is 41.7 Å². The molecule has 3 rings (SSSR count). The summed E-state index contributed by atoms with van der Waals surface area (Å²) in [5.74, 6) is 1.78. The monoisotopic (exact) mass is 363 g/mol. The van der Waals surface area contributed by atoms with Gasteiger partial charge in [-0.05, 0) is 18.6 Å². The Hall–Kier alpha value is -1.31. The molecular weight excluding hydrogens is 346 g/mol. The molecule has 0 spiro atoms. The smallest absolute Gasteiger partial charge is 0.225 e. The lowest BCUT2D eigenvalue weighted by atomic mass is 10.2. The normalized spacial score (nSPS) is 13.4. The molecule has 1 aromatic heterocycles. The van der Waals surface area contributed by atoms with Gasteiger partial charge in [0.25, 0.3) is 0 Å². The van der Waals surface area contributed by atoms with Crippen molar-refractivity contribution in [1.29, 1.82) is 0 Å². The zero-order chi connectivity index (χ0) is 16.2. The zero-order valence-electron chi connectivity index (χ0n) is 13.0. The number of thiazole rings is 1. The predicted octanol–water partition coefficient (Wildman–Crippen LogP) is 4.68. The van der Waals surface area contributed by atoms with Crippen molar-refractivity contribution >= 4 is 56.0 Å². The molecule has 0 aliphatic carbocycles. The maximum Gasteiger partial charge on any atom is 0.225 e. The van der Waals surface area contributed by atoms with E-state index in [1.54, 1.807) is 35.3 Å². The van der Waals surface area contributed by atoms with Gasteiger partial charge < -0.3 is 0 Å². The highest BCUT2D eigenvalue weighted by Crippen LogP contribution is 2.35. The minimum Gasteiger partial charge on any atom is -0.289 e. The standard InChI is InChI=1S/C16H17N3OS3/c1-3-19(11(2)20)15-17-13(9-21-15)10-23-16-18-14-7-5-4-6-12(14)8-22-16/h4-7,9H,3,8,10H2,1-2H3. The van der Waals surface area contributed by atoms with Crippen molar-refractivity contribution in [2.75, 3.05) is 11.4 Å². The van der Waals surface area contributed by atoms with E-state index in [0.29, 0.717) is 6.54 Å². The van der Waals surface area contributed by atoms with E-state index >= 15 is 0 Å². The molecule has 120 valence electrons. The van der Waals surface area contributed by atoms with E-state index in [1.807, 2.05) is 18.4 Å². The van der Waals surface area contributed by atoms with Crippen LogP contribution in [0.1, 0.15) is 25.1 Å². The van der Waals surface area contributed by atoms with Gasteiger partial charge in [-0.15, -0.1) is 11.3 Å². The second kappa shape index (κ2) is 7.51. The van der Waals surface area contributed by atoms with E-state index in [0.717, 1.165) is 32.4 Å². The van der Waals surface area contributed by atoms with E-state index in [2.05, 4.69) is 23.2 Å². The van der Waals surface area contributed by atoms with Gasteiger partial charge in [0.15, 0.2) is 5.13 Å². The Balaban J connectivity index is 1.65. The van der Waals surface area contributed by atoms with Crippen molar-refractivity contribution in [1.82, 2.24) is 4.98 Å². The summed E-state index contributed by atoms with van der Waals surface area (Å²) in [6.45, 7) is 4.18. The fourth-order valence-corrected chi connectivity index (χ4v) is 5.19. The largest absolute Gasteiger partial charge is 0.289 e. The molecule has 0 saturated carbocycles. The van der Waals surface area contributed by atoms with Crippen molar-refractivity contribution < 1.29 is 4.79 Å². The van der Waals surface area contributed by atoms with Gasteiger partial charge in [0.05, 0.1) is 11.4 Å². The van der Waals surface area contributed by atoms with E-state index < -0.39 is 0 Å². The Kier molecular flexibility index (Phi) is 5.40. The number of nitrogens with zero attached hydrogens (tertiary/aromatic N) is 3. The molecule has 0 radical (unpaired) electrons. The molecule has 23 heavy (non-hydrogen) atoms. The number of thioether (sulfide) groups is 2. The van der Waals surface area contributed by atoms with Crippen molar-refractivity contribution in [2.45, 2.75) is 25.4 Å². The maximum absolute atomic E-state index is 11.6. The molecule has 2 heterocycles. The lowest BCUT2D eigenvalue weighted by Gasteiger charge is -2.14. The van der Waals surface area contributed by atoms with Crippen molar-refractivity contribution in [3.8, 4) is 0 Å². The van der Waals surface area contributed by atoms with Crippen molar-refractivity contribution in [3.05, 3.63) is 40.9 Å². The van der Waals surface area contributed by atoms with Gasteiger partial charge in [0.1, 0.15) is 4.38 Å². The summed E-state index contributed by atoms with van der Waals surface area (Å²) in [6.07, 6.45) is 0. The predicted molar refractivity (Wildman–Crippen MR) is 102 cm³/mol. The first kappa shape index (κ1) is 16.5. The van der Waals surface area contributed by atoms with E-state index in [1.165, 1.54) is 16.9 Å². The number of rotatable bonds is 4. The van der Waals surface area contributed by atoms with Gasteiger partial charge in [-0.3, -0.25) is 9.69 Å². The van der Waals surface area contributed by atoms with Gasteiger partial charge in [-0.25, -0.2) is 9.98 Å². The number of hydrogen-bond acceptors (Lipinski definition) is 6. The Morgan fingerprint density at radius 2 is 2.22 bits per heavy atom. The van der Waals surface area contributed by atoms with Crippen LogP contribution in [0.15, 0.2) is 34.6 Å². The number of benzene rings is 1. The Morgan fingerprint density at radius 3 is 3.00 bits per heavy atom. The lowest BCUT2D eigenvalue weighted by Crippen LogP contribution is -2.27. The van der Waals surface area contributed by atoms with Gasteiger partial charge in [-0.2, -0.15) is 0 Å². The summed E-state index contributed by atoms with van der Waals surface area (Å²) < 4.78 is 1.08. The number of aliphatic imine (C=N–C) groups is 1. The first-order valence-electron chi connectivity index (χ1n) is 7.32. The van der Waals surface area contributed by atoms with Crippen molar-refractivity contribution in [3.63, 3.8) is 0 Å². The summed E-state index contributed by atoms with van der Waals surface area (Å²) in [6, 6.07) is 8.26. The number of amides is 1. The fourth-order valence-electron chi connectivity index (χ4n) is 2.20. The van der Waals surface area contributed by atoms with Crippen LogP contribution in [0.3, 0.4) is 0 Å². The van der Waals surface area contributed by atoms with Crippen LogP contribution in [-0.2, 0) is 16.3 Å². The van der Waals surface area contributed by atoms with E-state index in [9.17, 15) is 4.79 Å². The quantitative estimate of drug-likeness (QED) is 0.791. The molecule has 0 bridgehead atoms. The average Bonchev–Trinajstić information content (AvgIpc) is 3.01. The highest BCUT2D eigenvalue weighted by atomic mass is 32.2. The van der Waals surface area contributed by atoms with Crippen LogP contribution in [0.25, 0.3) is 0 Å². The topological polar surface area (TPSA) is 45.6 Å². The molecule has 4 nitrogen and oxygen atoms in total. The summed E-state index contributed by atoms with van der Waals surface area (Å²) >= 11 is 5.00. The number of anilines is 1. The Labute approximate surface area is 148 Å². The molecule has 7 heteroatoms. The third-order valence-electron chi connectivity index (χ3n) is 3.36. The van der Waals surface area contributed by atoms with Crippen LogP contribution >= 0.6 is 34.9 Å². The molecule has 0 fully saturated rings. The van der Waals surface area contributed by atoms with Crippen LogP contribution in [0.4, 0.5) is 10.8 Å². The second-order valence-corrected chi connectivity index (χ2v) is 7.99. The minimum absolute atomic E-state index is 0.0323. The van der Waals surface area contributed by atoms with Crippen LogP contribution < -0.4 is 4.90 Å². The first-order chi connectivity index (χ1) is 11.2. The summed E-state index contributed by atoms with van der Waals surface area (Å²) in [5.41, 5.74) is 3.36. The molecule has 0 N–H and O–H groups in total. The summed E-state index contributed by atoms with van der Waals surface area (Å²) in [4.78, 5) is 22.5. The minimum atomic E-state index is 0.0323. The van der Waals surface area contributed by atoms with Crippen molar-refractivity contribution in [2.24, 2.45) is 4.99 Å². The number of para-hydroxylation sites is 1. The molecule has 0 saturated heterocycles. The molecule has 0 atom stereocenters. The summed E-state index contributed by atoms with van der Waals surface area (Å²) in [5, 5.41) is 2.80. The average molecular weight is 364 g/mol. The molecule has 0 unspecified atom stereocenters. The van der Waals surface area contributed by atoms with E-state index in [-0.39, 0.29) is 5.91 Å². The molecule has 2 aromatic rings. The van der Waals surface area contributed by atoms with Gasteiger partial charge in [0, 0.05) is 30.4 Å². The number of carbonyl (C=O) groups is 1. The van der Waals surface area contributed by atoms with Crippen LogP contribution in [0.5, 0.6) is 0 Å². The van der Waals surface area contributed by atoms with E-state index in [4.69, 9.17) is 4.99 Å². The van der Waals surface area contributed by atoms with Gasteiger partial charge in [0.2, 0.25) is 5.91 Å². The number of carbonyl (C=O) groups excluding carboxylic acids is 1. The third kappa shape index (κ3) is 3.97. The molecule has 1 aliphatic rings. The summed E-state index contributed by atoms with van der Waals surface area (Å²) in [7, 11) is 0. The zero-order valence-corrected chi connectivity index (χ0v) is 15.4. The lowest BCUT2D eigenvalue weighted by molar-refractivity contribution is -0.116.